The van der Waals surface area contributed by atoms with Crippen LogP contribution >= 0.6 is 15.9 Å². The van der Waals surface area contributed by atoms with Gasteiger partial charge in [-0.25, -0.2) is 0 Å². The van der Waals surface area contributed by atoms with Crippen molar-refractivity contribution in [1.82, 2.24) is 15.1 Å². The van der Waals surface area contributed by atoms with Crippen LogP contribution in [0, 0.1) is 11.8 Å². The second-order valence-electron chi connectivity index (χ2n) is 5.06. The maximum absolute atomic E-state index is 4.47. The van der Waals surface area contributed by atoms with E-state index >= 15 is 0 Å². The molecule has 1 aliphatic rings. The molecule has 2 unspecified atom stereocenters. The molecular weight excluding hydrogens is 278 g/mol. The van der Waals surface area contributed by atoms with E-state index in [2.05, 4.69) is 51.9 Å². The summed E-state index contributed by atoms with van der Waals surface area (Å²) in [5.74, 6) is 1.58. The SMILES string of the molecule is CCCn1ncc(Br)c1C(NC)C(C)C1CC1. The molecule has 1 fully saturated rings. The summed E-state index contributed by atoms with van der Waals surface area (Å²) in [7, 11) is 2.05. The molecule has 0 aromatic carbocycles. The lowest BCUT2D eigenvalue weighted by Crippen LogP contribution is -2.28. The molecular formula is C13H22BrN3. The van der Waals surface area contributed by atoms with E-state index in [4.69, 9.17) is 0 Å². The normalized spacial score (nSPS) is 19.3. The molecule has 0 amide bonds. The van der Waals surface area contributed by atoms with E-state index in [0.29, 0.717) is 12.0 Å². The van der Waals surface area contributed by atoms with Crippen molar-refractivity contribution in [2.24, 2.45) is 11.8 Å². The highest BCUT2D eigenvalue weighted by molar-refractivity contribution is 9.10. The van der Waals surface area contributed by atoms with Gasteiger partial charge in [0.2, 0.25) is 0 Å². The van der Waals surface area contributed by atoms with Crippen LogP contribution in [0.4, 0.5) is 0 Å². The summed E-state index contributed by atoms with van der Waals surface area (Å²) >= 11 is 3.64. The minimum Gasteiger partial charge on any atom is -0.311 e. The Hall–Kier alpha value is -0.350. The van der Waals surface area contributed by atoms with Crippen LogP contribution < -0.4 is 5.32 Å². The van der Waals surface area contributed by atoms with Crippen molar-refractivity contribution in [2.45, 2.75) is 45.7 Å². The highest BCUT2D eigenvalue weighted by atomic mass is 79.9. The maximum atomic E-state index is 4.47. The van der Waals surface area contributed by atoms with Gasteiger partial charge < -0.3 is 5.32 Å². The lowest BCUT2D eigenvalue weighted by Gasteiger charge is -2.25. The first-order chi connectivity index (χ1) is 8.19. The van der Waals surface area contributed by atoms with Crippen molar-refractivity contribution in [3.8, 4) is 0 Å². The van der Waals surface area contributed by atoms with Gasteiger partial charge in [-0.15, -0.1) is 0 Å². The zero-order valence-corrected chi connectivity index (χ0v) is 12.5. The molecule has 1 aromatic heterocycles. The van der Waals surface area contributed by atoms with E-state index in [1.807, 2.05) is 6.20 Å². The Morgan fingerprint density at radius 2 is 2.29 bits per heavy atom. The summed E-state index contributed by atoms with van der Waals surface area (Å²) < 4.78 is 3.28. The average Bonchev–Trinajstić information content (AvgIpc) is 3.10. The molecule has 1 aliphatic carbocycles. The molecule has 0 radical (unpaired) electrons. The van der Waals surface area contributed by atoms with Crippen LogP contribution in [0.15, 0.2) is 10.7 Å². The molecule has 96 valence electrons. The summed E-state index contributed by atoms with van der Waals surface area (Å²) in [5, 5.41) is 7.94. The number of aromatic nitrogens is 2. The maximum Gasteiger partial charge on any atom is 0.0698 e. The van der Waals surface area contributed by atoms with Gasteiger partial charge in [-0.2, -0.15) is 5.10 Å². The summed E-state index contributed by atoms with van der Waals surface area (Å²) in [6, 6.07) is 0.408. The predicted molar refractivity (Wildman–Crippen MR) is 73.9 cm³/mol. The Morgan fingerprint density at radius 3 is 2.82 bits per heavy atom. The Labute approximate surface area is 112 Å². The monoisotopic (exact) mass is 299 g/mol. The van der Waals surface area contributed by atoms with E-state index in [0.717, 1.165) is 23.4 Å². The van der Waals surface area contributed by atoms with Crippen LogP contribution in [0.3, 0.4) is 0 Å². The zero-order chi connectivity index (χ0) is 12.4. The van der Waals surface area contributed by atoms with Crippen LogP contribution in [0.2, 0.25) is 0 Å². The molecule has 0 aliphatic heterocycles. The molecule has 2 atom stereocenters. The Bertz CT molecular complexity index is 371. The quantitative estimate of drug-likeness (QED) is 0.873. The highest BCUT2D eigenvalue weighted by Crippen LogP contribution is 2.43. The summed E-state index contributed by atoms with van der Waals surface area (Å²) in [4.78, 5) is 0. The Kier molecular flexibility index (Phi) is 4.26. The van der Waals surface area contributed by atoms with Gasteiger partial charge in [-0.1, -0.05) is 13.8 Å². The van der Waals surface area contributed by atoms with Gasteiger partial charge in [-0.05, 0) is 54.1 Å². The predicted octanol–water partition coefficient (Wildman–Crippen LogP) is 3.36. The molecule has 0 bridgehead atoms. The lowest BCUT2D eigenvalue weighted by atomic mass is 9.94. The number of nitrogens with one attached hydrogen (secondary N) is 1. The number of aryl methyl sites for hydroxylation is 1. The van der Waals surface area contributed by atoms with Crippen molar-refractivity contribution in [1.29, 1.82) is 0 Å². The average molecular weight is 300 g/mol. The van der Waals surface area contributed by atoms with E-state index in [9.17, 15) is 0 Å². The molecule has 17 heavy (non-hydrogen) atoms. The molecule has 0 spiro atoms. The minimum absolute atomic E-state index is 0.408. The van der Waals surface area contributed by atoms with Crippen molar-refractivity contribution in [3.05, 3.63) is 16.4 Å². The van der Waals surface area contributed by atoms with E-state index < -0.39 is 0 Å². The van der Waals surface area contributed by atoms with Gasteiger partial charge in [-0.3, -0.25) is 4.68 Å². The molecule has 2 rings (SSSR count). The molecule has 1 N–H and O–H groups in total. The second kappa shape index (κ2) is 5.53. The van der Waals surface area contributed by atoms with Gasteiger partial charge in [0.05, 0.1) is 22.4 Å². The molecule has 0 saturated heterocycles. The minimum atomic E-state index is 0.408. The fourth-order valence-electron chi connectivity index (χ4n) is 2.61. The smallest absolute Gasteiger partial charge is 0.0698 e. The Balaban J connectivity index is 2.24. The first kappa shape index (κ1) is 13.1. The molecule has 1 aromatic rings. The van der Waals surface area contributed by atoms with Gasteiger partial charge in [0.25, 0.3) is 0 Å². The third-order valence-corrected chi connectivity index (χ3v) is 4.38. The largest absolute Gasteiger partial charge is 0.311 e. The zero-order valence-electron chi connectivity index (χ0n) is 10.9. The number of halogens is 1. The van der Waals surface area contributed by atoms with Gasteiger partial charge in [0.1, 0.15) is 0 Å². The fourth-order valence-corrected chi connectivity index (χ4v) is 3.16. The number of nitrogens with zero attached hydrogens (tertiary/aromatic N) is 2. The lowest BCUT2D eigenvalue weighted by molar-refractivity contribution is 0.345. The molecule has 1 heterocycles. The molecule has 3 nitrogen and oxygen atoms in total. The van der Waals surface area contributed by atoms with E-state index in [1.54, 1.807) is 0 Å². The van der Waals surface area contributed by atoms with Crippen LogP contribution in [0.1, 0.15) is 44.8 Å². The van der Waals surface area contributed by atoms with Crippen molar-refractivity contribution in [2.75, 3.05) is 7.05 Å². The number of rotatable bonds is 6. The second-order valence-corrected chi connectivity index (χ2v) is 5.92. The Morgan fingerprint density at radius 1 is 1.59 bits per heavy atom. The fraction of sp³-hybridized carbons (Fsp3) is 0.769. The molecule has 4 heteroatoms. The number of hydrogen-bond acceptors (Lipinski definition) is 2. The number of hydrogen-bond donors (Lipinski definition) is 1. The summed E-state index contributed by atoms with van der Waals surface area (Å²) in [5.41, 5.74) is 1.31. The van der Waals surface area contributed by atoms with Crippen molar-refractivity contribution >= 4 is 15.9 Å². The summed E-state index contributed by atoms with van der Waals surface area (Å²) in [6.07, 6.45) is 5.82. The first-order valence-corrected chi connectivity index (χ1v) is 7.36. The van der Waals surface area contributed by atoms with Crippen LogP contribution in [0.25, 0.3) is 0 Å². The molecule has 1 saturated carbocycles. The van der Waals surface area contributed by atoms with Crippen molar-refractivity contribution < 1.29 is 0 Å². The standard InChI is InChI=1S/C13H22BrN3/c1-4-7-17-13(11(14)8-16-17)12(15-3)9(2)10-5-6-10/h8-10,12,15H,4-7H2,1-3H3. The van der Waals surface area contributed by atoms with Crippen molar-refractivity contribution in [3.63, 3.8) is 0 Å². The topological polar surface area (TPSA) is 29.9 Å². The highest BCUT2D eigenvalue weighted by Gasteiger charge is 2.35. The van der Waals surface area contributed by atoms with Crippen LogP contribution in [-0.2, 0) is 6.54 Å². The summed E-state index contributed by atoms with van der Waals surface area (Å²) in [6.45, 7) is 5.54. The van der Waals surface area contributed by atoms with E-state index in [1.165, 1.54) is 18.5 Å². The van der Waals surface area contributed by atoms with Gasteiger partial charge in [0, 0.05) is 6.54 Å². The van der Waals surface area contributed by atoms with Gasteiger partial charge in [0.15, 0.2) is 0 Å². The first-order valence-electron chi connectivity index (χ1n) is 6.57. The van der Waals surface area contributed by atoms with Crippen LogP contribution in [0.5, 0.6) is 0 Å². The third kappa shape index (κ3) is 2.74. The van der Waals surface area contributed by atoms with Crippen LogP contribution in [-0.4, -0.2) is 16.8 Å². The van der Waals surface area contributed by atoms with E-state index in [-0.39, 0.29) is 0 Å². The third-order valence-electron chi connectivity index (χ3n) is 3.77. The van der Waals surface area contributed by atoms with Gasteiger partial charge >= 0.3 is 0 Å².